The zero-order chi connectivity index (χ0) is 13.0. The summed E-state index contributed by atoms with van der Waals surface area (Å²) >= 11 is 2.36. The number of nitrogens with one attached hydrogen (secondary N) is 1. The second-order valence-corrected chi connectivity index (χ2v) is 6.69. The molecule has 1 aliphatic heterocycles. The van der Waals surface area contributed by atoms with Crippen LogP contribution in [0.1, 0.15) is 32.3 Å². The fourth-order valence-electron chi connectivity index (χ4n) is 2.48. The molecule has 100 valence electrons. The van der Waals surface area contributed by atoms with Crippen LogP contribution in [0, 0.1) is 3.57 Å². The van der Waals surface area contributed by atoms with Gasteiger partial charge in [-0.3, -0.25) is 4.90 Å². The van der Waals surface area contributed by atoms with Crippen LogP contribution < -0.4 is 5.32 Å². The molecule has 1 saturated heterocycles. The monoisotopic (exact) mass is 358 g/mol. The molecule has 1 atom stereocenters. The van der Waals surface area contributed by atoms with E-state index in [1.54, 1.807) is 0 Å². The molecule has 0 amide bonds. The van der Waals surface area contributed by atoms with Gasteiger partial charge in [-0.2, -0.15) is 0 Å². The van der Waals surface area contributed by atoms with E-state index in [0.717, 1.165) is 6.54 Å². The van der Waals surface area contributed by atoms with Crippen LogP contribution in [0.5, 0.6) is 0 Å². The van der Waals surface area contributed by atoms with Crippen molar-refractivity contribution < 1.29 is 0 Å². The lowest BCUT2D eigenvalue weighted by atomic mass is 10.1. The molecule has 3 heteroatoms. The normalized spacial score (nSPS) is 19.9. The van der Waals surface area contributed by atoms with Gasteiger partial charge in [0.25, 0.3) is 0 Å². The van der Waals surface area contributed by atoms with E-state index in [1.807, 2.05) is 0 Å². The van der Waals surface area contributed by atoms with E-state index in [4.69, 9.17) is 0 Å². The Kier molecular flexibility index (Phi) is 5.45. The number of hydrogen-bond acceptors (Lipinski definition) is 2. The average molecular weight is 358 g/mol. The number of rotatable bonds is 5. The first-order valence-electron chi connectivity index (χ1n) is 6.87. The Balaban J connectivity index is 1.94. The third-order valence-electron chi connectivity index (χ3n) is 3.65. The lowest BCUT2D eigenvalue weighted by molar-refractivity contribution is 0.194. The van der Waals surface area contributed by atoms with Gasteiger partial charge in [-0.1, -0.05) is 12.1 Å². The minimum absolute atomic E-state index is 0.603. The maximum atomic E-state index is 3.59. The predicted octanol–water partition coefficient (Wildman–Crippen LogP) is 3.25. The zero-order valence-corrected chi connectivity index (χ0v) is 13.5. The second kappa shape index (κ2) is 6.87. The highest BCUT2D eigenvalue weighted by atomic mass is 127. The zero-order valence-electron chi connectivity index (χ0n) is 11.3. The van der Waals surface area contributed by atoms with Gasteiger partial charge >= 0.3 is 0 Å². The Labute approximate surface area is 124 Å². The van der Waals surface area contributed by atoms with Crippen LogP contribution in [0.25, 0.3) is 0 Å². The fourth-order valence-corrected chi connectivity index (χ4v) is 2.84. The van der Waals surface area contributed by atoms with E-state index in [1.165, 1.54) is 35.1 Å². The highest BCUT2D eigenvalue weighted by Crippen LogP contribution is 2.14. The molecule has 1 aromatic rings. The number of benzene rings is 1. The van der Waals surface area contributed by atoms with Gasteiger partial charge in [0.15, 0.2) is 0 Å². The molecule has 0 aromatic heterocycles. The summed E-state index contributed by atoms with van der Waals surface area (Å²) in [5, 5.41) is 3.59. The van der Waals surface area contributed by atoms with Crippen molar-refractivity contribution in [2.24, 2.45) is 0 Å². The molecule has 18 heavy (non-hydrogen) atoms. The first-order valence-corrected chi connectivity index (χ1v) is 7.95. The van der Waals surface area contributed by atoms with Crippen molar-refractivity contribution in [2.75, 3.05) is 13.1 Å². The van der Waals surface area contributed by atoms with Gasteiger partial charge in [0.2, 0.25) is 0 Å². The lowest BCUT2D eigenvalue weighted by Gasteiger charge is -2.29. The molecule has 0 radical (unpaired) electrons. The summed E-state index contributed by atoms with van der Waals surface area (Å²) in [4.78, 5) is 2.57. The Hall–Kier alpha value is -0.130. The van der Waals surface area contributed by atoms with E-state index >= 15 is 0 Å². The molecular weight excluding hydrogens is 335 g/mol. The van der Waals surface area contributed by atoms with Gasteiger partial charge in [-0.15, -0.1) is 0 Å². The Bertz CT molecular complexity index is 355. The number of hydrogen-bond donors (Lipinski definition) is 1. The Morgan fingerprint density at radius 2 is 2.06 bits per heavy atom. The average Bonchev–Trinajstić information content (AvgIpc) is 2.84. The molecule has 0 aliphatic carbocycles. The van der Waals surface area contributed by atoms with Gasteiger partial charge in [-0.05, 0) is 73.5 Å². The summed E-state index contributed by atoms with van der Waals surface area (Å²) in [6, 6.07) is 10.2. The quantitative estimate of drug-likeness (QED) is 0.813. The van der Waals surface area contributed by atoms with Crippen molar-refractivity contribution in [3.8, 4) is 0 Å². The molecule has 0 spiro atoms. The van der Waals surface area contributed by atoms with Crippen molar-refractivity contribution in [2.45, 2.75) is 45.3 Å². The van der Waals surface area contributed by atoms with Crippen molar-refractivity contribution in [1.82, 2.24) is 10.2 Å². The molecule has 1 aliphatic rings. The van der Waals surface area contributed by atoms with Crippen LogP contribution in [0.15, 0.2) is 24.3 Å². The van der Waals surface area contributed by atoms with E-state index in [2.05, 4.69) is 70.9 Å². The maximum Gasteiger partial charge on any atom is 0.0237 e. The topological polar surface area (TPSA) is 15.3 Å². The van der Waals surface area contributed by atoms with Crippen LogP contribution in [0.3, 0.4) is 0 Å². The third-order valence-corrected chi connectivity index (χ3v) is 4.37. The standard InChI is InChI=1S/C15H23IN2/c1-12(2)18(11-15-4-3-9-17-15)10-13-5-7-14(16)8-6-13/h5-8,12,15,17H,3-4,9-11H2,1-2H3. The van der Waals surface area contributed by atoms with Gasteiger partial charge in [-0.25, -0.2) is 0 Å². The highest BCUT2D eigenvalue weighted by Gasteiger charge is 2.19. The van der Waals surface area contributed by atoms with Gasteiger partial charge < -0.3 is 5.32 Å². The van der Waals surface area contributed by atoms with E-state index in [-0.39, 0.29) is 0 Å². The Morgan fingerprint density at radius 1 is 1.33 bits per heavy atom. The van der Waals surface area contributed by atoms with Crippen molar-refractivity contribution in [3.05, 3.63) is 33.4 Å². The minimum Gasteiger partial charge on any atom is -0.313 e. The summed E-state index contributed by atoms with van der Waals surface area (Å²) in [6.07, 6.45) is 2.66. The summed E-state index contributed by atoms with van der Waals surface area (Å²) in [5.41, 5.74) is 1.42. The molecule has 1 N–H and O–H groups in total. The van der Waals surface area contributed by atoms with Crippen LogP contribution in [-0.4, -0.2) is 30.1 Å². The largest absolute Gasteiger partial charge is 0.313 e. The van der Waals surface area contributed by atoms with Crippen molar-refractivity contribution in [3.63, 3.8) is 0 Å². The van der Waals surface area contributed by atoms with E-state index in [9.17, 15) is 0 Å². The molecule has 2 rings (SSSR count). The molecule has 0 bridgehead atoms. The summed E-state index contributed by atoms with van der Waals surface area (Å²) < 4.78 is 1.31. The van der Waals surface area contributed by atoms with Gasteiger partial charge in [0.1, 0.15) is 0 Å². The second-order valence-electron chi connectivity index (χ2n) is 5.44. The van der Waals surface area contributed by atoms with Gasteiger partial charge in [0.05, 0.1) is 0 Å². The minimum atomic E-state index is 0.603. The predicted molar refractivity (Wildman–Crippen MR) is 85.7 cm³/mol. The van der Waals surface area contributed by atoms with E-state index < -0.39 is 0 Å². The number of halogens is 1. The van der Waals surface area contributed by atoms with Crippen LogP contribution >= 0.6 is 22.6 Å². The van der Waals surface area contributed by atoms with Crippen LogP contribution in [0.4, 0.5) is 0 Å². The molecule has 0 saturated carbocycles. The van der Waals surface area contributed by atoms with Crippen LogP contribution in [0.2, 0.25) is 0 Å². The fraction of sp³-hybridized carbons (Fsp3) is 0.600. The van der Waals surface area contributed by atoms with Crippen molar-refractivity contribution in [1.29, 1.82) is 0 Å². The molecule has 1 heterocycles. The summed E-state index contributed by atoms with van der Waals surface area (Å²) in [5.74, 6) is 0. The Morgan fingerprint density at radius 3 is 2.61 bits per heavy atom. The maximum absolute atomic E-state index is 3.59. The summed E-state index contributed by atoms with van der Waals surface area (Å²) in [6.45, 7) is 8.01. The molecular formula is C15H23IN2. The summed E-state index contributed by atoms with van der Waals surface area (Å²) in [7, 11) is 0. The lowest BCUT2D eigenvalue weighted by Crippen LogP contribution is -2.40. The SMILES string of the molecule is CC(C)N(Cc1ccc(I)cc1)CC1CCCN1. The molecule has 1 fully saturated rings. The molecule has 1 aromatic carbocycles. The molecule has 2 nitrogen and oxygen atoms in total. The van der Waals surface area contributed by atoms with E-state index in [0.29, 0.717) is 12.1 Å². The first-order chi connectivity index (χ1) is 8.65. The third kappa shape index (κ3) is 4.21. The molecule has 1 unspecified atom stereocenters. The van der Waals surface area contributed by atoms with Gasteiger partial charge in [0, 0.05) is 28.7 Å². The van der Waals surface area contributed by atoms with Crippen molar-refractivity contribution >= 4 is 22.6 Å². The smallest absolute Gasteiger partial charge is 0.0237 e. The van der Waals surface area contributed by atoms with Crippen LogP contribution in [-0.2, 0) is 6.54 Å². The highest BCUT2D eigenvalue weighted by molar-refractivity contribution is 14.1. The number of nitrogens with zero attached hydrogens (tertiary/aromatic N) is 1. The first kappa shape index (κ1) is 14.3.